The number of primary amides is 1. The van der Waals surface area contributed by atoms with Gasteiger partial charge in [0.1, 0.15) is 12.0 Å². The lowest BCUT2D eigenvalue weighted by Gasteiger charge is -2.23. The van der Waals surface area contributed by atoms with E-state index in [0.29, 0.717) is 12.6 Å². The SMILES string of the molecule is CN1C(CCNCC(N)C=O)CCC1C(N)=O.c1ccc2c(c1)CCCO2. The van der Waals surface area contributed by atoms with E-state index in [4.69, 9.17) is 16.2 Å². The molecule has 7 nitrogen and oxygen atoms in total. The Balaban J connectivity index is 0.000000219. The first-order chi connectivity index (χ1) is 13.0. The third kappa shape index (κ3) is 6.61. The van der Waals surface area contributed by atoms with Crippen LogP contribution in [-0.2, 0) is 16.0 Å². The maximum absolute atomic E-state index is 11.1. The third-order valence-electron chi connectivity index (χ3n) is 5.20. The fourth-order valence-electron chi connectivity index (χ4n) is 3.58. The second-order valence-electron chi connectivity index (χ2n) is 7.17. The molecule has 1 amide bonds. The van der Waals surface area contributed by atoms with E-state index in [1.54, 1.807) is 0 Å². The molecule has 1 aromatic rings. The molecule has 2 aliphatic heterocycles. The van der Waals surface area contributed by atoms with Gasteiger partial charge < -0.3 is 26.3 Å². The number of nitrogens with zero attached hydrogens (tertiary/aromatic N) is 1. The molecule has 0 spiro atoms. The first-order valence-corrected chi connectivity index (χ1v) is 9.66. The van der Waals surface area contributed by atoms with Gasteiger partial charge in [-0.05, 0) is 57.3 Å². The molecule has 3 unspecified atom stereocenters. The number of nitrogens with two attached hydrogens (primary N) is 2. The van der Waals surface area contributed by atoms with Crippen LogP contribution in [0.25, 0.3) is 0 Å². The maximum Gasteiger partial charge on any atom is 0.234 e. The number of likely N-dealkylation sites (N-methyl/N-ethyl adjacent to an activating group) is 1. The van der Waals surface area contributed by atoms with E-state index in [9.17, 15) is 9.59 Å². The minimum absolute atomic E-state index is 0.128. The van der Waals surface area contributed by atoms with Crippen LogP contribution in [0.5, 0.6) is 5.75 Å². The van der Waals surface area contributed by atoms with Crippen LogP contribution in [-0.4, -0.2) is 62.0 Å². The van der Waals surface area contributed by atoms with E-state index in [1.165, 1.54) is 12.0 Å². The van der Waals surface area contributed by atoms with E-state index in [-0.39, 0.29) is 11.9 Å². The predicted molar refractivity (Wildman–Crippen MR) is 106 cm³/mol. The van der Waals surface area contributed by atoms with Crippen molar-refractivity contribution in [2.75, 3.05) is 26.7 Å². The fourth-order valence-corrected chi connectivity index (χ4v) is 3.58. The lowest BCUT2D eigenvalue weighted by Crippen LogP contribution is -2.42. The predicted octanol–water partition coefficient (Wildman–Crippen LogP) is 0.452. The second kappa shape index (κ2) is 11.0. The Kier molecular flexibility index (Phi) is 8.71. The van der Waals surface area contributed by atoms with E-state index < -0.39 is 6.04 Å². The highest BCUT2D eigenvalue weighted by molar-refractivity contribution is 5.80. The number of amides is 1. The lowest BCUT2D eigenvalue weighted by molar-refractivity contribution is -0.122. The van der Waals surface area contributed by atoms with Crippen LogP contribution >= 0.6 is 0 Å². The summed E-state index contributed by atoms with van der Waals surface area (Å²) in [5, 5.41) is 3.13. The Bertz CT molecular complexity index is 586. The molecular weight excluding hydrogens is 344 g/mol. The summed E-state index contributed by atoms with van der Waals surface area (Å²) in [6.07, 6.45) is 5.84. The van der Waals surface area contributed by atoms with Crippen molar-refractivity contribution in [3.8, 4) is 5.75 Å². The molecule has 0 radical (unpaired) electrons. The second-order valence-corrected chi connectivity index (χ2v) is 7.17. The third-order valence-corrected chi connectivity index (χ3v) is 5.20. The van der Waals surface area contributed by atoms with Gasteiger partial charge in [0, 0.05) is 12.6 Å². The molecule has 5 N–H and O–H groups in total. The molecule has 1 fully saturated rings. The zero-order valence-electron chi connectivity index (χ0n) is 16.1. The monoisotopic (exact) mass is 376 g/mol. The van der Waals surface area contributed by atoms with E-state index in [1.807, 2.05) is 24.1 Å². The number of hydrogen-bond acceptors (Lipinski definition) is 6. The quantitative estimate of drug-likeness (QED) is 0.471. The largest absolute Gasteiger partial charge is 0.493 e. The average Bonchev–Trinajstić information content (AvgIpc) is 3.06. The average molecular weight is 377 g/mol. The molecule has 27 heavy (non-hydrogen) atoms. The molecule has 7 heteroatoms. The summed E-state index contributed by atoms with van der Waals surface area (Å²) in [6.45, 7) is 2.18. The maximum atomic E-state index is 11.1. The van der Waals surface area contributed by atoms with E-state index in [2.05, 4.69) is 17.4 Å². The number of benzene rings is 1. The summed E-state index contributed by atoms with van der Waals surface area (Å²) in [4.78, 5) is 23.5. The van der Waals surface area contributed by atoms with Crippen LogP contribution in [0.3, 0.4) is 0 Å². The number of carbonyl (C=O) groups excluding carboxylic acids is 2. The molecule has 0 aliphatic carbocycles. The van der Waals surface area contributed by atoms with Gasteiger partial charge in [0.05, 0.1) is 18.7 Å². The smallest absolute Gasteiger partial charge is 0.234 e. The molecule has 150 valence electrons. The standard InChI is InChI=1S/C11H22N4O2.C9H10O/c1-15-9(2-3-10(15)11(13)17)4-5-14-6-8(12)7-16;1-2-6-9-8(4-1)5-3-7-10-9/h7-10,14H,2-6,12H2,1H3,(H2,13,17);1-2,4,6H,3,5,7H2. The number of rotatable bonds is 7. The summed E-state index contributed by atoms with van der Waals surface area (Å²) in [6, 6.07) is 8.07. The number of carbonyl (C=O) groups is 2. The molecule has 3 rings (SSSR count). The summed E-state index contributed by atoms with van der Waals surface area (Å²) in [5.41, 5.74) is 12.1. The summed E-state index contributed by atoms with van der Waals surface area (Å²) in [5.74, 6) is 0.833. The van der Waals surface area contributed by atoms with Crippen molar-refractivity contribution in [3.63, 3.8) is 0 Å². The molecule has 2 aliphatic rings. The minimum Gasteiger partial charge on any atom is -0.493 e. The molecule has 3 atom stereocenters. The Morgan fingerprint density at radius 2 is 2.19 bits per heavy atom. The highest BCUT2D eigenvalue weighted by atomic mass is 16.5. The molecule has 0 saturated carbocycles. The first kappa shape index (κ1) is 21.3. The van der Waals surface area contributed by atoms with Crippen LogP contribution in [0.4, 0.5) is 0 Å². The van der Waals surface area contributed by atoms with Crippen molar-refractivity contribution >= 4 is 12.2 Å². The van der Waals surface area contributed by atoms with Crippen LogP contribution < -0.4 is 21.5 Å². The number of para-hydroxylation sites is 1. The molecule has 0 aromatic heterocycles. The van der Waals surface area contributed by atoms with Gasteiger partial charge in [0.25, 0.3) is 0 Å². The number of nitrogens with one attached hydrogen (secondary N) is 1. The Morgan fingerprint density at radius 3 is 2.85 bits per heavy atom. The number of hydrogen-bond donors (Lipinski definition) is 3. The summed E-state index contributed by atoms with van der Waals surface area (Å²) >= 11 is 0. The molecule has 1 saturated heterocycles. The van der Waals surface area contributed by atoms with Crippen molar-refractivity contribution in [2.24, 2.45) is 11.5 Å². The summed E-state index contributed by atoms with van der Waals surface area (Å²) in [7, 11) is 1.93. The number of fused-ring (bicyclic) bond motifs is 1. The molecule has 0 bridgehead atoms. The van der Waals surface area contributed by atoms with E-state index in [0.717, 1.165) is 50.9 Å². The number of aldehydes is 1. The van der Waals surface area contributed by atoms with Crippen molar-refractivity contribution in [2.45, 2.75) is 50.2 Å². The van der Waals surface area contributed by atoms with Crippen LogP contribution in [0.15, 0.2) is 24.3 Å². The number of ether oxygens (including phenoxy) is 1. The molecule has 2 heterocycles. The Morgan fingerprint density at radius 1 is 1.41 bits per heavy atom. The van der Waals surface area contributed by atoms with Crippen molar-refractivity contribution < 1.29 is 14.3 Å². The fraction of sp³-hybridized carbons (Fsp3) is 0.600. The topological polar surface area (TPSA) is 111 Å². The van der Waals surface area contributed by atoms with Gasteiger partial charge in [-0.25, -0.2) is 0 Å². The molecule has 1 aromatic carbocycles. The normalized spacial score (nSPS) is 22.7. The van der Waals surface area contributed by atoms with Gasteiger partial charge in [-0.2, -0.15) is 0 Å². The van der Waals surface area contributed by atoms with Crippen LogP contribution in [0, 0.1) is 0 Å². The summed E-state index contributed by atoms with van der Waals surface area (Å²) < 4.78 is 5.42. The number of aryl methyl sites for hydroxylation is 1. The highest BCUT2D eigenvalue weighted by Gasteiger charge is 2.33. The van der Waals surface area contributed by atoms with Crippen molar-refractivity contribution in [3.05, 3.63) is 29.8 Å². The highest BCUT2D eigenvalue weighted by Crippen LogP contribution is 2.24. The Hall–Kier alpha value is -1.96. The van der Waals surface area contributed by atoms with Gasteiger partial charge in [0.2, 0.25) is 5.91 Å². The van der Waals surface area contributed by atoms with Gasteiger partial charge in [-0.15, -0.1) is 0 Å². The number of likely N-dealkylation sites (tertiary alicyclic amines) is 1. The Labute approximate surface area is 161 Å². The minimum atomic E-state index is -0.435. The van der Waals surface area contributed by atoms with Gasteiger partial charge in [-0.1, -0.05) is 18.2 Å². The van der Waals surface area contributed by atoms with Gasteiger partial charge >= 0.3 is 0 Å². The zero-order chi connectivity index (χ0) is 19.6. The van der Waals surface area contributed by atoms with E-state index >= 15 is 0 Å². The lowest BCUT2D eigenvalue weighted by atomic mass is 10.1. The van der Waals surface area contributed by atoms with Crippen molar-refractivity contribution in [1.82, 2.24) is 10.2 Å². The van der Waals surface area contributed by atoms with Gasteiger partial charge in [-0.3, -0.25) is 9.69 Å². The van der Waals surface area contributed by atoms with Crippen LogP contribution in [0.1, 0.15) is 31.2 Å². The molecular formula is C20H32N4O3. The van der Waals surface area contributed by atoms with Crippen LogP contribution in [0.2, 0.25) is 0 Å². The zero-order valence-corrected chi connectivity index (χ0v) is 16.1. The first-order valence-electron chi connectivity index (χ1n) is 9.66. The van der Waals surface area contributed by atoms with Crippen molar-refractivity contribution in [1.29, 1.82) is 0 Å². The van der Waals surface area contributed by atoms with Gasteiger partial charge in [0.15, 0.2) is 0 Å².